The topological polar surface area (TPSA) is 71.1 Å². The van der Waals surface area contributed by atoms with Crippen LogP contribution in [0.5, 0.6) is 0 Å². The van der Waals surface area contributed by atoms with Crippen molar-refractivity contribution in [3.05, 3.63) is 58.3 Å². The minimum Gasteiger partial charge on any atom is -0.352 e. The lowest BCUT2D eigenvalue weighted by atomic mass is 10.1. The third kappa shape index (κ3) is 5.17. The molecule has 0 bridgehead atoms. The van der Waals surface area contributed by atoms with Crippen LogP contribution in [0.3, 0.4) is 0 Å². The molecule has 6 heteroatoms. The van der Waals surface area contributed by atoms with E-state index in [9.17, 15) is 9.59 Å². The van der Waals surface area contributed by atoms with Crippen LogP contribution in [0.25, 0.3) is 0 Å². The first-order chi connectivity index (χ1) is 11.0. The smallest absolute Gasteiger partial charge is 0.257 e. The maximum atomic E-state index is 12.3. The van der Waals surface area contributed by atoms with Crippen LogP contribution in [0, 0.1) is 5.92 Å². The molecule has 23 heavy (non-hydrogen) atoms. The number of aromatic nitrogens is 1. The van der Waals surface area contributed by atoms with E-state index in [0.29, 0.717) is 29.3 Å². The summed E-state index contributed by atoms with van der Waals surface area (Å²) in [6.45, 7) is 4.61. The fraction of sp³-hybridized carbons (Fsp3) is 0.235. The number of amides is 2. The molecule has 120 valence electrons. The Labute approximate surface area is 143 Å². The van der Waals surface area contributed by atoms with Gasteiger partial charge in [0.25, 0.3) is 11.8 Å². The maximum Gasteiger partial charge on any atom is 0.257 e. The molecule has 0 spiro atoms. The molecule has 5 nitrogen and oxygen atoms in total. The van der Waals surface area contributed by atoms with Gasteiger partial charge in [0, 0.05) is 29.1 Å². The Balaban J connectivity index is 2.09. The summed E-state index contributed by atoms with van der Waals surface area (Å²) in [6.07, 6.45) is 2.89. The van der Waals surface area contributed by atoms with Crippen LogP contribution >= 0.6 is 15.9 Å². The summed E-state index contributed by atoms with van der Waals surface area (Å²) >= 11 is 3.35. The molecule has 1 aromatic heterocycles. The third-order valence-electron chi connectivity index (χ3n) is 3.02. The number of carbonyl (C=O) groups is 2. The molecule has 0 unspecified atom stereocenters. The Morgan fingerprint density at radius 3 is 2.48 bits per heavy atom. The van der Waals surface area contributed by atoms with Gasteiger partial charge in [-0.1, -0.05) is 35.8 Å². The second-order valence-electron chi connectivity index (χ2n) is 5.53. The minimum atomic E-state index is -0.311. The highest BCUT2D eigenvalue weighted by molar-refractivity contribution is 9.10. The van der Waals surface area contributed by atoms with Crippen molar-refractivity contribution in [2.24, 2.45) is 5.92 Å². The van der Waals surface area contributed by atoms with E-state index < -0.39 is 0 Å². The average molecular weight is 376 g/mol. The lowest BCUT2D eigenvalue weighted by Gasteiger charge is -2.09. The van der Waals surface area contributed by atoms with Crippen LogP contribution in [-0.2, 0) is 0 Å². The predicted octanol–water partition coefficient (Wildman–Crippen LogP) is 3.48. The van der Waals surface area contributed by atoms with Crippen molar-refractivity contribution in [1.29, 1.82) is 0 Å². The normalized spacial score (nSPS) is 10.4. The maximum absolute atomic E-state index is 12.3. The Hall–Kier alpha value is -2.21. The number of benzene rings is 1. The van der Waals surface area contributed by atoms with Gasteiger partial charge in [-0.2, -0.15) is 0 Å². The first kappa shape index (κ1) is 17.1. The van der Waals surface area contributed by atoms with E-state index in [1.54, 1.807) is 12.1 Å². The second kappa shape index (κ2) is 7.87. The summed E-state index contributed by atoms with van der Waals surface area (Å²) in [6, 6.07) is 8.82. The molecule has 0 radical (unpaired) electrons. The van der Waals surface area contributed by atoms with Gasteiger partial charge in [-0.05, 0) is 30.2 Å². The van der Waals surface area contributed by atoms with Gasteiger partial charge < -0.3 is 10.6 Å². The molecule has 2 rings (SSSR count). The summed E-state index contributed by atoms with van der Waals surface area (Å²) in [5, 5.41) is 5.58. The van der Waals surface area contributed by atoms with Gasteiger partial charge in [0.2, 0.25) is 0 Å². The molecule has 0 aliphatic carbocycles. The summed E-state index contributed by atoms with van der Waals surface area (Å²) in [4.78, 5) is 28.3. The van der Waals surface area contributed by atoms with E-state index in [1.807, 2.05) is 26.0 Å². The number of hydrogen-bond acceptors (Lipinski definition) is 3. The van der Waals surface area contributed by atoms with Crippen LogP contribution in [0.15, 0.2) is 47.2 Å². The third-order valence-corrected chi connectivity index (χ3v) is 3.51. The molecule has 0 saturated heterocycles. The van der Waals surface area contributed by atoms with Crippen LogP contribution < -0.4 is 10.6 Å². The van der Waals surface area contributed by atoms with Crippen LogP contribution in [0.4, 0.5) is 5.69 Å². The van der Waals surface area contributed by atoms with Crippen LogP contribution in [0.1, 0.15) is 34.6 Å². The number of hydrogen-bond donors (Lipinski definition) is 2. The zero-order chi connectivity index (χ0) is 16.8. The molecule has 2 aromatic rings. The molecule has 2 amide bonds. The van der Waals surface area contributed by atoms with E-state index in [2.05, 4.69) is 31.5 Å². The molecule has 0 atom stereocenters. The molecular weight excluding hydrogens is 358 g/mol. The Morgan fingerprint density at radius 2 is 1.83 bits per heavy atom. The summed E-state index contributed by atoms with van der Waals surface area (Å²) in [5.74, 6) is -0.188. The number of nitrogens with one attached hydrogen (secondary N) is 2. The van der Waals surface area contributed by atoms with Crippen LogP contribution in [0.2, 0.25) is 0 Å². The molecule has 0 aliphatic heterocycles. The zero-order valence-electron chi connectivity index (χ0n) is 13.0. The van der Waals surface area contributed by atoms with Gasteiger partial charge >= 0.3 is 0 Å². The molecular formula is C17H18BrN3O2. The summed E-state index contributed by atoms with van der Waals surface area (Å²) in [7, 11) is 0. The minimum absolute atomic E-state index is 0.233. The zero-order valence-corrected chi connectivity index (χ0v) is 14.6. The Morgan fingerprint density at radius 1 is 1.13 bits per heavy atom. The van der Waals surface area contributed by atoms with Gasteiger partial charge in [-0.3, -0.25) is 14.6 Å². The van der Waals surface area contributed by atoms with Crippen LogP contribution in [-0.4, -0.2) is 23.3 Å². The lowest BCUT2D eigenvalue weighted by Crippen LogP contribution is -2.27. The number of anilines is 1. The fourth-order valence-corrected chi connectivity index (χ4v) is 2.26. The number of pyridine rings is 1. The Bertz CT molecular complexity index is 716. The van der Waals surface area contributed by atoms with Crippen molar-refractivity contribution in [3.8, 4) is 0 Å². The molecule has 1 heterocycles. The summed E-state index contributed by atoms with van der Waals surface area (Å²) < 4.78 is 0.871. The standard InChI is InChI=1S/C17H18BrN3O2/c1-11(2)8-20-16(22)12-6-13(10-19-9-12)17(23)21-15-5-3-4-14(18)7-15/h3-7,9-11H,8H2,1-2H3,(H,20,22)(H,21,23). The highest BCUT2D eigenvalue weighted by atomic mass is 79.9. The monoisotopic (exact) mass is 375 g/mol. The van der Waals surface area contributed by atoms with E-state index in [0.717, 1.165) is 4.47 Å². The molecule has 1 aromatic carbocycles. The van der Waals surface area contributed by atoms with Gasteiger partial charge in [-0.25, -0.2) is 0 Å². The van der Waals surface area contributed by atoms with Gasteiger partial charge in [0.05, 0.1) is 11.1 Å². The van der Waals surface area contributed by atoms with Crippen molar-refractivity contribution < 1.29 is 9.59 Å². The molecule has 0 fully saturated rings. The number of nitrogens with zero attached hydrogens (tertiary/aromatic N) is 1. The number of rotatable bonds is 5. The van der Waals surface area contributed by atoms with Crippen molar-refractivity contribution in [3.63, 3.8) is 0 Å². The van der Waals surface area contributed by atoms with E-state index in [1.165, 1.54) is 18.5 Å². The average Bonchev–Trinajstić information content (AvgIpc) is 2.52. The second-order valence-corrected chi connectivity index (χ2v) is 6.45. The van der Waals surface area contributed by atoms with Crippen molar-refractivity contribution in [2.75, 3.05) is 11.9 Å². The predicted molar refractivity (Wildman–Crippen MR) is 93.5 cm³/mol. The largest absolute Gasteiger partial charge is 0.352 e. The SMILES string of the molecule is CC(C)CNC(=O)c1cncc(C(=O)Nc2cccc(Br)c2)c1. The van der Waals surface area contributed by atoms with Gasteiger partial charge in [0.15, 0.2) is 0 Å². The van der Waals surface area contributed by atoms with Crippen molar-refractivity contribution in [1.82, 2.24) is 10.3 Å². The van der Waals surface area contributed by atoms with Crippen molar-refractivity contribution >= 4 is 33.4 Å². The highest BCUT2D eigenvalue weighted by Crippen LogP contribution is 2.16. The first-order valence-corrected chi connectivity index (χ1v) is 8.05. The highest BCUT2D eigenvalue weighted by Gasteiger charge is 2.12. The van der Waals surface area contributed by atoms with Gasteiger partial charge in [-0.15, -0.1) is 0 Å². The van der Waals surface area contributed by atoms with E-state index in [4.69, 9.17) is 0 Å². The fourth-order valence-electron chi connectivity index (χ4n) is 1.86. The quantitative estimate of drug-likeness (QED) is 0.839. The molecule has 2 N–H and O–H groups in total. The molecule has 0 saturated carbocycles. The van der Waals surface area contributed by atoms with E-state index in [-0.39, 0.29) is 11.8 Å². The van der Waals surface area contributed by atoms with Crippen molar-refractivity contribution in [2.45, 2.75) is 13.8 Å². The number of carbonyl (C=O) groups excluding carboxylic acids is 2. The Kier molecular flexibility index (Phi) is 5.87. The first-order valence-electron chi connectivity index (χ1n) is 7.26. The van der Waals surface area contributed by atoms with E-state index >= 15 is 0 Å². The van der Waals surface area contributed by atoms with Gasteiger partial charge in [0.1, 0.15) is 0 Å². The summed E-state index contributed by atoms with van der Waals surface area (Å²) in [5.41, 5.74) is 1.37. The number of halogens is 1. The molecule has 0 aliphatic rings. The lowest BCUT2D eigenvalue weighted by molar-refractivity contribution is 0.0948.